The van der Waals surface area contributed by atoms with E-state index >= 15 is 0 Å². The maximum Gasteiger partial charge on any atom is 0.242 e. The fraction of sp³-hybridized carbons (Fsp3) is 0.318. The number of para-hydroxylation sites is 1. The van der Waals surface area contributed by atoms with Crippen LogP contribution in [0.5, 0.6) is 0 Å². The molecule has 5 nitrogen and oxygen atoms in total. The number of benzene rings is 2. The van der Waals surface area contributed by atoms with E-state index in [1.165, 1.54) is 23.9 Å². The van der Waals surface area contributed by atoms with Crippen LogP contribution in [0.4, 0.5) is 15.8 Å². The molecule has 0 spiro atoms. The van der Waals surface area contributed by atoms with Crippen LogP contribution in [0.3, 0.4) is 0 Å². The summed E-state index contributed by atoms with van der Waals surface area (Å²) >= 11 is 1.28. The van der Waals surface area contributed by atoms with E-state index in [1.54, 1.807) is 17.0 Å². The van der Waals surface area contributed by atoms with E-state index in [0.29, 0.717) is 17.4 Å². The molecule has 2 aromatic rings. The second-order valence-electron chi connectivity index (χ2n) is 7.39. The van der Waals surface area contributed by atoms with Crippen molar-refractivity contribution >= 4 is 40.1 Å². The van der Waals surface area contributed by atoms with E-state index in [2.05, 4.69) is 10.3 Å². The first-order valence-corrected chi connectivity index (χ1v) is 10.4. The first-order chi connectivity index (χ1) is 13.8. The number of nitrogens with zero attached hydrogens (tertiary/aromatic N) is 2. The quantitative estimate of drug-likeness (QED) is 0.743. The van der Waals surface area contributed by atoms with E-state index in [4.69, 9.17) is 0 Å². The van der Waals surface area contributed by atoms with E-state index < -0.39 is 5.25 Å². The number of thioether (sulfide) groups is 1. The topological polar surface area (TPSA) is 61.8 Å². The van der Waals surface area contributed by atoms with Gasteiger partial charge in [-0.15, -0.1) is 0 Å². The summed E-state index contributed by atoms with van der Waals surface area (Å²) in [5, 5.41) is 2.89. The molecule has 2 amide bonds. The number of halogens is 1. The minimum absolute atomic E-state index is 0.0644. The Bertz CT molecular complexity index is 928. The largest absolute Gasteiger partial charge is 0.326 e. The van der Waals surface area contributed by atoms with Crippen LogP contribution in [-0.4, -0.2) is 33.7 Å². The maximum atomic E-state index is 13.2. The van der Waals surface area contributed by atoms with Crippen molar-refractivity contribution in [2.45, 2.75) is 32.4 Å². The van der Waals surface area contributed by atoms with Gasteiger partial charge in [0.05, 0.1) is 5.69 Å². The van der Waals surface area contributed by atoms with Crippen molar-refractivity contribution in [1.82, 2.24) is 4.90 Å². The summed E-state index contributed by atoms with van der Waals surface area (Å²) in [7, 11) is 0. The van der Waals surface area contributed by atoms with Crippen molar-refractivity contribution in [2.24, 2.45) is 10.9 Å². The van der Waals surface area contributed by atoms with Gasteiger partial charge in [0.25, 0.3) is 0 Å². The molecule has 29 heavy (non-hydrogen) atoms. The van der Waals surface area contributed by atoms with Crippen LogP contribution in [0, 0.1) is 18.7 Å². The van der Waals surface area contributed by atoms with Crippen LogP contribution < -0.4 is 5.32 Å². The number of carbonyl (C=O) groups excluding carboxylic acids is 2. The summed E-state index contributed by atoms with van der Waals surface area (Å²) < 4.78 is 13.2. The normalized spacial score (nSPS) is 18.0. The highest BCUT2D eigenvalue weighted by Crippen LogP contribution is 2.32. The van der Waals surface area contributed by atoms with Crippen molar-refractivity contribution in [3.63, 3.8) is 0 Å². The summed E-state index contributed by atoms with van der Waals surface area (Å²) in [6.07, 6.45) is 0.0644. The zero-order chi connectivity index (χ0) is 21.0. The first-order valence-electron chi connectivity index (χ1n) is 9.51. The predicted molar refractivity (Wildman–Crippen MR) is 116 cm³/mol. The summed E-state index contributed by atoms with van der Waals surface area (Å²) in [5.41, 5.74) is 2.28. The van der Waals surface area contributed by atoms with Crippen LogP contribution in [0.1, 0.15) is 25.8 Å². The summed E-state index contributed by atoms with van der Waals surface area (Å²) in [4.78, 5) is 31.6. The maximum absolute atomic E-state index is 13.2. The van der Waals surface area contributed by atoms with Crippen molar-refractivity contribution in [1.29, 1.82) is 0 Å². The van der Waals surface area contributed by atoms with E-state index in [-0.39, 0.29) is 30.0 Å². The summed E-state index contributed by atoms with van der Waals surface area (Å²) in [6.45, 7) is 6.47. The Balaban J connectivity index is 1.76. The van der Waals surface area contributed by atoms with Gasteiger partial charge in [0.2, 0.25) is 11.8 Å². The minimum atomic E-state index is -0.531. The third kappa shape index (κ3) is 5.44. The van der Waals surface area contributed by atoms with Gasteiger partial charge in [0, 0.05) is 18.7 Å². The highest BCUT2D eigenvalue weighted by molar-refractivity contribution is 8.15. The molecule has 1 fully saturated rings. The average molecular weight is 414 g/mol. The molecule has 7 heteroatoms. The molecule has 3 rings (SSSR count). The fourth-order valence-electron chi connectivity index (χ4n) is 2.97. The zero-order valence-corrected chi connectivity index (χ0v) is 17.5. The minimum Gasteiger partial charge on any atom is -0.326 e. The highest BCUT2D eigenvalue weighted by Gasteiger charge is 2.39. The smallest absolute Gasteiger partial charge is 0.242 e. The molecule has 1 N–H and O–H groups in total. The van der Waals surface area contributed by atoms with Crippen LogP contribution in [0.25, 0.3) is 0 Å². The Kier molecular flexibility index (Phi) is 6.69. The van der Waals surface area contributed by atoms with Crippen LogP contribution in [0.15, 0.2) is 53.5 Å². The van der Waals surface area contributed by atoms with Gasteiger partial charge in [0.15, 0.2) is 5.17 Å². The standard InChI is InChI=1S/C22H24FN3O2S/c1-14(2)13-26-21(28)19(12-20(27)25-18-7-5-4-6-15(18)3)29-22(26)24-17-10-8-16(23)9-11-17/h4-11,14,19H,12-13H2,1-3H3,(H,25,27)/t19-/m0/s1. The van der Waals surface area contributed by atoms with Gasteiger partial charge in [-0.2, -0.15) is 0 Å². The van der Waals surface area contributed by atoms with Gasteiger partial charge in [0.1, 0.15) is 11.1 Å². The van der Waals surface area contributed by atoms with E-state index in [9.17, 15) is 14.0 Å². The van der Waals surface area contributed by atoms with Crippen LogP contribution in [0.2, 0.25) is 0 Å². The van der Waals surface area contributed by atoms with Crippen LogP contribution >= 0.6 is 11.8 Å². The Labute approximate surface area is 174 Å². The lowest BCUT2D eigenvalue weighted by molar-refractivity contribution is -0.128. The number of amidine groups is 1. The number of nitrogens with one attached hydrogen (secondary N) is 1. The molecule has 0 radical (unpaired) electrons. The molecule has 1 saturated heterocycles. The van der Waals surface area contributed by atoms with Gasteiger partial charge in [-0.1, -0.05) is 43.8 Å². The highest BCUT2D eigenvalue weighted by atomic mass is 32.2. The molecule has 0 bridgehead atoms. The predicted octanol–water partition coefficient (Wildman–Crippen LogP) is 4.75. The summed E-state index contributed by atoms with van der Waals surface area (Å²) in [5.74, 6) is -0.423. The Hall–Kier alpha value is -2.67. The molecule has 0 unspecified atom stereocenters. The second kappa shape index (κ2) is 9.22. The van der Waals surface area contributed by atoms with Crippen molar-refractivity contribution in [2.75, 3.05) is 11.9 Å². The number of anilines is 1. The fourth-order valence-corrected chi connectivity index (χ4v) is 4.13. The molecule has 2 aromatic carbocycles. The molecule has 0 aromatic heterocycles. The number of amides is 2. The van der Waals surface area contributed by atoms with E-state index in [0.717, 1.165) is 11.3 Å². The molecule has 1 aliphatic heterocycles. The van der Waals surface area contributed by atoms with Crippen molar-refractivity contribution in [3.05, 3.63) is 59.9 Å². The van der Waals surface area contributed by atoms with E-state index in [1.807, 2.05) is 45.0 Å². The van der Waals surface area contributed by atoms with Crippen molar-refractivity contribution in [3.8, 4) is 0 Å². The molecule has 1 heterocycles. The lowest BCUT2D eigenvalue weighted by Gasteiger charge is -2.18. The Morgan fingerprint density at radius 3 is 2.55 bits per heavy atom. The number of hydrogen-bond acceptors (Lipinski definition) is 4. The monoisotopic (exact) mass is 413 g/mol. The number of aliphatic imine (C=N–C) groups is 1. The van der Waals surface area contributed by atoms with Gasteiger partial charge in [-0.3, -0.25) is 14.5 Å². The molecule has 1 atom stereocenters. The average Bonchev–Trinajstić information content (AvgIpc) is 2.94. The summed E-state index contributed by atoms with van der Waals surface area (Å²) in [6, 6.07) is 13.3. The number of hydrogen-bond donors (Lipinski definition) is 1. The third-order valence-corrected chi connectivity index (χ3v) is 5.58. The lowest BCUT2D eigenvalue weighted by atomic mass is 10.1. The zero-order valence-electron chi connectivity index (χ0n) is 16.7. The molecular weight excluding hydrogens is 389 g/mol. The Morgan fingerprint density at radius 2 is 1.90 bits per heavy atom. The SMILES string of the molecule is Cc1ccccc1NC(=O)C[C@@H]1SC(=Nc2ccc(F)cc2)N(CC(C)C)C1=O. The first kappa shape index (κ1) is 21.0. The lowest BCUT2D eigenvalue weighted by Crippen LogP contribution is -2.36. The van der Waals surface area contributed by atoms with Gasteiger partial charge >= 0.3 is 0 Å². The van der Waals surface area contributed by atoms with Gasteiger partial charge in [-0.25, -0.2) is 9.38 Å². The van der Waals surface area contributed by atoms with Gasteiger partial charge in [-0.05, 0) is 48.7 Å². The van der Waals surface area contributed by atoms with Crippen molar-refractivity contribution < 1.29 is 14.0 Å². The molecule has 0 saturated carbocycles. The van der Waals surface area contributed by atoms with Crippen LogP contribution in [-0.2, 0) is 9.59 Å². The Morgan fingerprint density at radius 1 is 1.21 bits per heavy atom. The third-order valence-electron chi connectivity index (χ3n) is 4.41. The molecule has 152 valence electrons. The number of carbonyl (C=O) groups is 2. The molecular formula is C22H24FN3O2S. The number of rotatable bonds is 6. The number of aryl methyl sites for hydroxylation is 1. The molecule has 0 aliphatic carbocycles. The van der Waals surface area contributed by atoms with Gasteiger partial charge < -0.3 is 5.32 Å². The molecule has 1 aliphatic rings. The second-order valence-corrected chi connectivity index (χ2v) is 8.56.